The van der Waals surface area contributed by atoms with Crippen molar-refractivity contribution < 1.29 is 0 Å². The normalized spacial score (nSPS) is 15.8. The minimum Gasteiger partial charge on any atom is -0.397 e. The molecule has 0 spiro atoms. The summed E-state index contributed by atoms with van der Waals surface area (Å²) in [6.07, 6.45) is 4.78. The zero-order valence-electron chi connectivity index (χ0n) is 6.81. The second-order valence-corrected chi connectivity index (χ2v) is 3.93. The fourth-order valence-corrected chi connectivity index (χ4v) is 1.95. The van der Waals surface area contributed by atoms with Crippen LogP contribution in [0.15, 0.2) is 10.7 Å². The van der Waals surface area contributed by atoms with E-state index in [1.807, 2.05) is 6.07 Å². The Morgan fingerprint density at radius 1 is 1.33 bits per heavy atom. The third kappa shape index (κ3) is 1.33. The van der Waals surface area contributed by atoms with Gasteiger partial charge in [-0.3, -0.25) is 0 Å². The molecule has 2 nitrogen and oxygen atoms in total. The number of hydrogen-bond donors (Lipinski definition) is 1. The van der Waals surface area contributed by atoms with Crippen molar-refractivity contribution in [2.24, 2.45) is 0 Å². The van der Waals surface area contributed by atoms with E-state index in [4.69, 9.17) is 5.73 Å². The van der Waals surface area contributed by atoms with E-state index >= 15 is 0 Å². The Kier molecular flexibility index (Phi) is 2.05. The minimum atomic E-state index is 0.760. The summed E-state index contributed by atoms with van der Waals surface area (Å²) in [6.45, 7) is 0. The Balaban J connectivity index is 2.49. The summed E-state index contributed by atoms with van der Waals surface area (Å²) in [6, 6.07) is 2.05. The van der Waals surface area contributed by atoms with Crippen molar-refractivity contribution in [1.29, 1.82) is 0 Å². The average molecular weight is 227 g/mol. The number of nitrogen functional groups attached to an aromatic ring is 1. The Labute approximate surface area is 80.3 Å². The van der Waals surface area contributed by atoms with Crippen LogP contribution in [-0.4, -0.2) is 4.98 Å². The second kappa shape index (κ2) is 3.05. The van der Waals surface area contributed by atoms with Gasteiger partial charge in [0.1, 0.15) is 4.60 Å². The molecule has 2 rings (SSSR count). The SMILES string of the molecule is Nc1cc2c(nc1Br)CCCC2. The largest absolute Gasteiger partial charge is 0.397 e. The van der Waals surface area contributed by atoms with Crippen molar-refractivity contribution in [3.05, 3.63) is 21.9 Å². The molecule has 1 aliphatic rings. The Morgan fingerprint density at radius 2 is 2.08 bits per heavy atom. The minimum absolute atomic E-state index is 0.760. The zero-order valence-corrected chi connectivity index (χ0v) is 8.39. The number of rotatable bonds is 0. The molecule has 0 aromatic carbocycles. The summed E-state index contributed by atoms with van der Waals surface area (Å²) in [5.41, 5.74) is 9.05. The monoisotopic (exact) mass is 226 g/mol. The summed E-state index contributed by atoms with van der Waals surface area (Å²) < 4.78 is 0.795. The first-order chi connectivity index (χ1) is 5.77. The van der Waals surface area contributed by atoms with Crippen molar-refractivity contribution in [2.45, 2.75) is 25.7 Å². The van der Waals surface area contributed by atoms with Gasteiger partial charge >= 0.3 is 0 Å². The van der Waals surface area contributed by atoms with Gasteiger partial charge in [-0.05, 0) is 53.2 Å². The molecule has 0 radical (unpaired) electrons. The van der Waals surface area contributed by atoms with E-state index in [0.29, 0.717) is 0 Å². The maximum atomic E-state index is 5.73. The summed E-state index contributed by atoms with van der Waals surface area (Å²) in [5.74, 6) is 0. The van der Waals surface area contributed by atoms with Gasteiger partial charge in [0.15, 0.2) is 0 Å². The first kappa shape index (κ1) is 8.05. The summed E-state index contributed by atoms with van der Waals surface area (Å²) in [5, 5.41) is 0. The number of pyridine rings is 1. The molecule has 1 aromatic rings. The maximum Gasteiger partial charge on any atom is 0.129 e. The summed E-state index contributed by atoms with van der Waals surface area (Å²) >= 11 is 3.34. The van der Waals surface area contributed by atoms with Crippen molar-refractivity contribution in [3.63, 3.8) is 0 Å². The van der Waals surface area contributed by atoms with Gasteiger partial charge in [-0.1, -0.05) is 0 Å². The smallest absolute Gasteiger partial charge is 0.129 e. The van der Waals surface area contributed by atoms with Crippen LogP contribution in [0.25, 0.3) is 0 Å². The van der Waals surface area contributed by atoms with Gasteiger partial charge in [-0.15, -0.1) is 0 Å². The van der Waals surface area contributed by atoms with Gasteiger partial charge < -0.3 is 5.73 Å². The van der Waals surface area contributed by atoms with Crippen LogP contribution in [0.1, 0.15) is 24.1 Å². The Morgan fingerprint density at radius 3 is 2.92 bits per heavy atom. The molecular formula is C9H11BrN2. The van der Waals surface area contributed by atoms with Crippen LogP contribution in [0.4, 0.5) is 5.69 Å². The van der Waals surface area contributed by atoms with Crippen LogP contribution in [0, 0.1) is 0 Å². The summed E-state index contributed by atoms with van der Waals surface area (Å²) in [7, 11) is 0. The molecule has 12 heavy (non-hydrogen) atoms. The quantitative estimate of drug-likeness (QED) is 0.690. The summed E-state index contributed by atoms with van der Waals surface area (Å²) in [4.78, 5) is 4.40. The maximum absolute atomic E-state index is 5.73. The van der Waals surface area contributed by atoms with Crippen LogP contribution in [-0.2, 0) is 12.8 Å². The van der Waals surface area contributed by atoms with E-state index in [0.717, 1.165) is 23.1 Å². The Bertz CT molecular complexity index is 279. The number of anilines is 1. The number of nitrogens with two attached hydrogens (primary N) is 1. The van der Waals surface area contributed by atoms with Crippen LogP contribution in [0.3, 0.4) is 0 Å². The van der Waals surface area contributed by atoms with Gasteiger partial charge in [0, 0.05) is 5.69 Å². The molecule has 1 heterocycles. The number of halogens is 1. The number of fused-ring (bicyclic) bond motifs is 1. The van der Waals surface area contributed by atoms with Gasteiger partial charge in [-0.25, -0.2) is 4.98 Å². The number of aryl methyl sites for hydroxylation is 2. The second-order valence-electron chi connectivity index (χ2n) is 3.18. The third-order valence-corrected chi connectivity index (χ3v) is 2.92. The topological polar surface area (TPSA) is 38.9 Å². The van der Waals surface area contributed by atoms with E-state index in [-0.39, 0.29) is 0 Å². The standard InChI is InChI=1S/C9H11BrN2/c10-9-7(11)5-6-3-1-2-4-8(6)12-9/h5H,1-4,11H2. The molecule has 1 aliphatic carbocycles. The molecule has 3 heteroatoms. The molecule has 0 fully saturated rings. The third-order valence-electron chi connectivity index (χ3n) is 2.28. The highest BCUT2D eigenvalue weighted by atomic mass is 79.9. The van der Waals surface area contributed by atoms with E-state index in [1.165, 1.54) is 24.1 Å². The molecular weight excluding hydrogens is 216 g/mol. The van der Waals surface area contributed by atoms with E-state index < -0.39 is 0 Å². The van der Waals surface area contributed by atoms with Crippen LogP contribution in [0.2, 0.25) is 0 Å². The first-order valence-corrected chi connectivity index (χ1v) is 5.00. The highest BCUT2D eigenvalue weighted by molar-refractivity contribution is 9.10. The van der Waals surface area contributed by atoms with Crippen LogP contribution in [0.5, 0.6) is 0 Å². The predicted octanol–water partition coefficient (Wildman–Crippen LogP) is 2.31. The van der Waals surface area contributed by atoms with Crippen molar-refractivity contribution >= 4 is 21.6 Å². The lowest BCUT2D eigenvalue weighted by Crippen LogP contribution is -2.06. The molecule has 0 bridgehead atoms. The lowest BCUT2D eigenvalue weighted by Gasteiger charge is -2.15. The van der Waals surface area contributed by atoms with Crippen LogP contribution >= 0.6 is 15.9 Å². The lowest BCUT2D eigenvalue weighted by atomic mass is 9.96. The van der Waals surface area contributed by atoms with Gasteiger partial charge in [0.05, 0.1) is 5.69 Å². The Hall–Kier alpha value is -0.570. The highest BCUT2D eigenvalue weighted by Gasteiger charge is 2.12. The van der Waals surface area contributed by atoms with Crippen molar-refractivity contribution in [2.75, 3.05) is 5.73 Å². The van der Waals surface area contributed by atoms with Gasteiger partial charge in [0.25, 0.3) is 0 Å². The molecule has 0 atom stereocenters. The van der Waals surface area contributed by atoms with Gasteiger partial charge in [0.2, 0.25) is 0 Å². The predicted molar refractivity (Wildman–Crippen MR) is 53.0 cm³/mol. The molecule has 64 valence electrons. The van der Waals surface area contributed by atoms with E-state index in [1.54, 1.807) is 0 Å². The van der Waals surface area contributed by atoms with Crippen molar-refractivity contribution in [1.82, 2.24) is 4.98 Å². The number of nitrogens with zero attached hydrogens (tertiary/aromatic N) is 1. The molecule has 0 amide bonds. The van der Waals surface area contributed by atoms with E-state index in [9.17, 15) is 0 Å². The molecule has 1 aromatic heterocycles. The highest BCUT2D eigenvalue weighted by Crippen LogP contribution is 2.25. The number of hydrogen-bond acceptors (Lipinski definition) is 2. The average Bonchev–Trinajstić information content (AvgIpc) is 2.07. The fraction of sp³-hybridized carbons (Fsp3) is 0.444. The number of aromatic nitrogens is 1. The molecule has 0 saturated carbocycles. The molecule has 0 aliphatic heterocycles. The van der Waals surface area contributed by atoms with E-state index in [2.05, 4.69) is 20.9 Å². The zero-order chi connectivity index (χ0) is 8.55. The van der Waals surface area contributed by atoms with Crippen LogP contribution < -0.4 is 5.73 Å². The first-order valence-electron chi connectivity index (χ1n) is 4.21. The van der Waals surface area contributed by atoms with Gasteiger partial charge in [-0.2, -0.15) is 0 Å². The fourth-order valence-electron chi connectivity index (χ4n) is 1.63. The lowest BCUT2D eigenvalue weighted by molar-refractivity contribution is 0.667. The molecule has 0 saturated heterocycles. The molecule has 0 unspecified atom stereocenters. The van der Waals surface area contributed by atoms with Crippen molar-refractivity contribution in [3.8, 4) is 0 Å². The molecule has 2 N–H and O–H groups in total.